The summed E-state index contributed by atoms with van der Waals surface area (Å²) in [5.74, 6) is 1.60. The predicted molar refractivity (Wildman–Crippen MR) is 112 cm³/mol. The molecule has 0 aromatic carbocycles. The zero-order valence-corrected chi connectivity index (χ0v) is 17.5. The third kappa shape index (κ3) is 7.34. The Bertz CT molecular complexity index is 478. The summed E-state index contributed by atoms with van der Waals surface area (Å²) in [6.07, 6.45) is 5.36. The highest BCUT2D eigenvalue weighted by molar-refractivity contribution is 14.0. The van der Waals surface area contributed by atoms with Crippen LogP contribution >= 0.6 is 24.0 Å². The third-order valence-corrected chi connectivity index (χ3v) is 4.46. The lowest BCUT2D eigenvalue weighted by molar-refractivity contribution is 0.141. The molecular formula is C18H32IN5. The fourth-order valence-electron chi connectivity index (χ4n) is 3.05. The van der Waals surface area contributed by atoms with Crippen molar-refractivity contribution in [2.45, 2.75) is 39.2 Å². The van der Waals surface area contributed by atoms with Crippen LogP contribution in [-0.2, 0) is 6.42 Å². The molecule has 1 atom stereocenters. The molecule has 2 rings (SSSR count). The highest BCUT2D eigenvalue weighted by atomic mass is 127. The van der Waals surface area contributed by atoms with Crippen LogP contribution in [-0.4, -0.2) is 55.1 Å². The van der Waals surface area contributed by atoms with Gasteiger partial charge in [-0.1, -0.05) is 6.07 Å². The smallest absolute Gasteiger partial charge is 0.190 e. The van der Waals surface area contributed by atoms with Crippen molar-refractivity contribution >= 4 is 29.9 Å². The number of piperidine rings is 1. The molecule has 1 aromatic heterocycles. The van der Waals surface area contributed by atoms with E-state index in [-0.39, 0.29) is 24.0 Å². The van der Waals surface area contributed by atoms with Gasteiger partial charge in [-0.2, -0.15) is 0 Å². The molecule has 0 radical (unpaired) electrons. The molecule has 1 aliphatic heterocycles. The Hall–Kier alpha value is -0.890. The van der Waals surface area contributed by atoms with E-state index in [4.69, 9.17) is 0 Å². The summed E-state index contributed by atoms with van der Waals surface area (Å²) in [6, 6.07) is 6.68. The summed E-state index contributed by atoms with van der Waals surface area (Å²) in [6.45, 7) is 8.84. The number of nitrogens with zero attached hydrogens (tertiary/aromatic N) is 3. The summed E-state index contributed by atoms with van der Waals surface area (Å²) in [5, 5.41) is 6.85. The third-order valence-electron chi connectivity index (χ3n) is 4.46. The molecule has 1 aromatic rings. The lowest BCUT2D eigenvalue weighted by Crippen LogP contribution is -2.46. The van der Waals surface area contributed by atoms with Crippen LogP contribution in [0.2, 0.25) is 0 Å². The molecule has 6 heteroatoms. The fraction of sp³-hybridized carbons (Fsp3) is 0.667. The lowest BCUT2D eigenvalue weighted by Gasteiger charge is -2.35. The van der Waals surface area contributed by atoms with E-state index in [2.05, 4.69) is 45.4 Å². The summed E-state index contributed by atoms with van der Waals surface area (Å²) in [4.78, 5) is 11.2. The standard InChI is InChI=1S/C18H31N5.HI/c1-15(2)23-12-6-7-16(14-23)13-22-18(19-3)21-11-9-17-8-4-5-10-20-17;/h4-5,8,10,15-16H,6-7,9,11-14H2,1-3H3,(H2,19,21,22);1H. The maximum atomic E-state index is 4.34. The van der Waals surface area contributed by atoms with Crippen LogP contribution in [0.4, 0.5) is 0 Å². The molecule has 5 nitrogen and oxygen atoms in total. The molecule has 0 spiro atoms. The Labute approximate surface area is 163 Å². The second-order valence-corrected chi connectivity index (χ2v) is 6.55. The topological polar surface area (TPSA) is 52.6 Å². The van der Waals surface area contributed by atoms with Crippen LogP contribution in [0.3, 0.4) is 0 Å². The average Bonchev–Trinajstić information content (AvgIpc) is 2.59. The molecule has 24 heavy (non-hydrogen) atoms. The first-order valence-electron chi connectivity index (χ1n) is 8.77. The van der Waals surface area contributed by atoms with E-state index in [9.17, 15) is 0 Å². The molecule has 0 aliphatic carbocycles. The van der Waals surface area contributed by atoms with Crippen LogP contribution in [0.15, 0.2) is 29.4 Å². The monoisotopic (exact) mass is 445 g/mol. The molecule has 0 amide bonds. The number of nitrogens with one attached hydrogen (secondary N) is 2. The zero-order chi connectivity index (χ0) is 16.5. The van der Waals surface area contributed by atoms with E-state index in [0.29, 0.717) is 12.0 Å². The first-order valence-corrected chi connectivity index (χ1v) is 8.77. The van der Waals surface area contributed by atoms with Crippen molar-refractivity contribution in [2.75, 3.05) is 33.2 Å². The number of aliphatic imine (C=N–C) groups is 1. The van der Waals surface area contributed by atoms with Crippen molar-refractivity contribution in [1.82, 2.24) is 20.5 Å². The predicted octanol–water partition coefficient (Wildman–Crippen LogP) is 2.53. The summed E-state index contributed by atoms with van der Waals surface area (Å²) >= 11 is 0. The highest BCUT2D eigenvalue weighted by Gasteiger charge is 2.21. The van der Waals surface area contributed by atoms with E-state index in [1.54, 1.807) is 0 Å². The first-order chi connectivity index (χ1) is 11.2. The molecule has 1 saturated heterocycles. The van der Waals surface area contributed by atoms with Gasteiger partial charge in [0, 0.05) is 51.0 Å². The quantitative estimate of drug-likeness (QED) is 0.402. The van der Waals surface area contributed by atoms with Gasteiger partial charge in [0.25, 0.3) is 0 Å². The van der Waals surface area contributed by atoms with Crippen LogP contribution in [0.5, 0.6) is 0 Å². The van der Waals surface area contributed by atoms with Gasteiger partial charge in [-0.3, -0.25) is 9.98 Å². The molecule has 0 bridgehead atoms. The molecule has 1 fully saturated rings. The van der Waals surface area contributed by atoms with Crippen molar-refractivity contribution in [1.29, 1.82) is 0 Å². The SMILES string of the molecule is CN=C(NCCc1ccccn1)NCC1CCCN(C(C)C)C1.I. The van der Waals surface area contributed by atoms with E-state index in [0.717, 1.165) is 31.2 Å². The Morgan fingerprint density at radius 2 is 2.21 bits per heavy atom. The van der Waals surface area contributed by atoms with E-state index in [1.165, 1.54) is 25.9 Å². The summed E-state index contributed by atoms with van der Waals surface area (Å²) in [7, 11) is 1.83. The molecule has 2 N–H and O–H groups in total. The van der Waals surface area contributed by atoms with Gasteiger partial charge in [0.15, 0.2) is 5.96 Å². The van der Waals surface area contributed by atoms with Gasteiger partial charge < -0.3 is 15.5 Å². The lowest BCUT2D eigenvalue weighted by atomic mass is 9.97. The van der Waals surface area contributed by atoms with E-state index < -0.39 is 0 Å². The van der Waals surface area contributed by atoms with Gasteiger partial charge in [0.05, 0.1) is 0 Å². The molecule has 136 valence electrons. The van der Waals surface area contributed by atoms with Gasteiger partial charge in [-0.25, -0.2) is 0 Å². The fourth-order valence-corrected chi connectivity index (χ4v) is 3.05. The van der Waals surface area contributed by atoms with Gasteiger partial charge in [-0.05, 0) is 51.3 Å². The number of hydrogen-bond donors (Lipinski definition) is 2. The Morgan fingerprint density at radius 1 is 1.38 bits per heavy atom. The van der Waals surface area contributed by atoms with Gasteiger partial charge in [-0.15, -0.1) is 24.0 Å². The van der Waals surface area contributed by atoms with E-state index in [1.807, 2.05) is 25.4 Å². The number of pyridine rings is 1. The van der Waals surface area contributed by atoms with Crippen molar-refractivity contribution in [2.24, 2.45) is 10.9 Å². The number of rotatable bonds is 6. The van der Waals surface area contributed by atoms with Crippen molar-refractivity contribution < 1.29 is 0 Å². The second kappa shape index (κ2) is 11.6. The normalized spacial score (nSPS) is 19.0. The number of halogens is 1. The molecular weight excluding hydrogens is 413 g/mol. The largest absolute Gasteiger partial charge is 0.356 e. The molecule has 1 unspecified atom stereocenters. The zero-order valence-electron chi connectivity index (χ0n) is 15.2. The van der Waals surface area contributed by atoms with Crippen LogP contribution in [0.1, 0.15) is 32.4 Å². The number of aromatic nitrogens is 1. The maximum absolute atomic E-state index is 4.34. The number of hydrogen-bond acceptors (Lipinski definition) is 3. The van der Waals surface area contributed by atoms with Crippen LogP contribution < -0.4 is 10.6 Å². The van der Waals surface area contributed by atoms with Crippen LogP contribution in [0.25, 0.3) is 0 Å². The van der Waals surface area contributed by atoms with Crippen molar-refractivity contribution in [3.63, 3.8) is 0 Å². The van der Waals surface area contributed by atoms with Gasteiger partial charge >= 0.3 is 0 Å². The number of likely N-dealkylation sites (tertiary alicyclic amines) is 1. The summed E-state index contributed by atoms with van der Waals surface area (Å²) < 4.78 is 0. The van der Waals surface area contributed by atoms with Crippen molar-refractivity contribution in [3.8, 4) is 0 Å². The molecule has 2 heterocycles. The van der Waals surface area contributed by atoms with Gasteiger partial charge in [0.2, 0.25) is 0 Å². The second-order valence-electron chi connectivity index (χ2n) is 6.55. The molecule has 0 saturated carbocycles. The van der Waals surface area contributed by atoms with E-state index >= 15 is 0 Å². The Kier molecular flexibility index (Phi) is 10.2. The minimum Gasteiger partial charge on any atom is -0.356 e. The molecule has 1 aliphatic rings. The highest BCUT2D eigenvalue weighted by Crippen LogP contribution is 2.17. The number of guanidine groups is 1. The Balaban J connectivity index is 0.00000288. The van der Waals surface area contributed by atoms with Crippen LogP contribution in [0, 0.1) is 5.92 Å². The van der Waals surface area contributed by atoms with Crippen molar-refractivity contribution in [3.05, 3.63) is 30.1 Å². The minimum atomic E-state index is 0. The maximum Gasteiger partial charge on any atom is 0.190 e. The first kappa shape index (κ1) is 21.2. The summed E-state index contributed by atoms with van der Waals surface area (Å²) in [5.41, 5.74) is 1.11. The average molecular weight is 445 g/mol. The van der Waals surface area contributed by atoms with Gasteiger partial charge in [0.1, 0.15) is 0 Å². The minimum absolute atomic E-state index is 0. The Morgan fingerprint density at radius 3 is 2.88 bits per heavy atom.